The van der Waals surface area contributed by atoms with Crippen LogP contribution in [-0.4, -0.2) is 21.8 Å². The van der Waals surface area contributed by atoms with Crippen molar-refractivity contribution in [2.45, 2.75) is 19.3 Å². The number of amides is 2. The number of aryl methyl sites for hydroxylation is 1. The molecule has 162 valence electrons. The first-order chi connectivity index (χ1) is 15.5. The molecule has 3 N–H and O–H groups in total. The molecule has 2 heterocycles. The third-order valence-corrected chi connectivity index (χ3v) is 5.53. The van der Waals surface area contributed by atoms with Crippen LogP contribution < -0.4 is 10.9 Å². The van der Waals surface area contributed by atoms with Crippen molar-refractivity contribution in [2.24, 2.45) is 0 Å². The van der Waals surface area contributed by atoms with Gasteiger partial charge in [0.05, 0.1) is 11.4 Å². The van der Waals surface area contributed by atoms with Crippen molar-refractivity contribution in [2.75, 3.05) is 0 Å². The highest BCUT2D eigenvalue weighted by molar-refractivity contribution is 6.31. The van der Waals surface area contributed by atoms with Gasteiger partial charge >= 0.3 is 0 Å². The van der Waals surface area contributed by atoms with Crippen LogP contribution >= 0.6 is 23.2 Å². The van der Waals surface area contributed by atoms with Gasteiger partial charge in [-0.15, -0.1) is 0 Å². The summed E-state index contributed by atoms with van der Waals surface area (Å²) in [7, 11) is 0. The molecule has 8 heteroatoms. The number of nitrogens with zero attached hydrogens (tertiary/aromatic N) is 1. The second kappa shape index (κ2) is 9.85. The fourth-order valence-corrected chi connectivity index (χ4v) is 3.80. The van der Waals surface area contributed by atoms with Crippen LogP contribution in [0.25, 0.3) is 22.3 Å². The number of pyridine rings is 1. The number of H-pyrrole nitrogens is 1. The summed E-state index contributed by atoms with van der Waals surface area (Å²) in [6.45, 7) is 0. The van der Waals surface area contributed by atoms with E-state index in [4.69, 9.17) is 23.2 Å². The molecular weight excluding hydrogens is 447 g/mol. The second-order valence-corrected chi connectivity index (χ2v) is 8.12. The summed E-state index contributed by atoms with van der Waals surface area (Å²) in [6.07, 6.45) is 3.22. The molecule has 0 radical (unpaired) electrons. The Morgan fingerprint density at radius 3 is 2.47 bits per heavy atom. The summed E-state index contributed by atoms with van der Waals surface area (Å²) in [5, 5.41) is 2.19. The van der Waals surface area contributed by atoms with Gasteiger partial charge < -0.3 is 4.98 Å². The van der Waals surface area contributed by atoms with Crippen molar-refractivity contribution in [3.8, 4) is 11.4 Å². The maximum atomic E-state index is 12.2. The van der Waals surface area contributed by atoms with Gasteiger partial charge in [-0.05, 0) is 73.0 Å². The molecule has 0 saturated carbocycles. The number of carbonyl (C=O) groups is 2. The zero-order valence-electron chi connectivity index (χ0n) is 17.0. The summed E-state index contributed by atoms with van der Waals surface area (Å²) in [5.74, 6) is -0.678. The monoisotopic (exact) mass is 466 g/mol. The second-order valence-electron chi connectivity index (χ2n) is 7.25. The number of nitrogens with one attached hydrogen (secondary N) is 3. The van der Waals surface area contributed by atoms with Crippen LogP contribution in [0.1, 0.15) is 28.8 Å². The standard InChI is InChI=1S/C24H20Cl2N4O2/c25-16-9-7-15(8-10-16)24(32)30-29-22(31)6-3-4-18-19-14-17(26)11-12-20(19)28-23(18)21-5-1-2-13-27-21/h1-2,5,7-14,28H,3-4,6H2,(H,29,31)(H,30,32). The van der Waals surface area contributed by atoms with Gasteiger partial charge in [-0.3, -0.25) is 25.4 Å². The molecule has 32 heavy (non-hydrogen) atoms. The van der Waals surface area contributed by atoms with E-state index in [0.717, 1.165) is 27.9 Å². The van der Waals surface area contributed by atoms with Crippen molar-refractivity contribution >= 4 is 45.9 Å². The minimum absolute atomic E-state index is 0.246. The van der Waals surface area contributed by atoms with Crippen LogP contribution in [0.5, 0.6) is 0 Å². The highest BCUT2D eigenvalue weighted by Crippen LogP contribution is 2.32. The van der Waals surface area contributed by atoms with Crippen molar-refractivity contribution in [3.63, 3.8) is 0 Å². The van der Waals surface area contributed by atoms with Gasteiger partial charge in [-0.25, -0.2) is 0 Å². The average Bonchev–Trinajstić information content (AvgIpc) is 3.16. The largest absolute Gasteiger partial charge is 0.353 e. The van der Waals surface area contributed by atoms with E-state index in [0.29, 0.717) is 28.5 Å². The predicted molar refractivity (Wildman–Crippen MR) is 127 cm³/mol. The minimum atomic E-state index is -0.404. The molecule has 0 fully saturated rings. The lowest BCUT2D eigenvalue weighted by atomic mass is 10.0. The molecule has 0 aliphatic rings. The summed E-state index contributed by atoms with van der Waals surface area (Å²) in [4.78, 5) is 32.2. The Morgan fingerprint density at radius 1 is 0.938 bits per heavy atom. The number of rotatable bonds is 6. The smallest absolute Gasteiger partial charge is 0.269 e. The van der Waals surface area contributed by atoms with E-state index in [1.165, 1.54) is 0 Å². The van der Waals surface area contributed by atoms with Gasteiger partial charge in [0.15, 0.2) is 0 Å². The lowest BCUT2D eigenvalue weighted by molar-refractivity contribution is -0.121. The number of hydrogen-bond donors (Lipinski definition) is 3. The zero-order chi connectivity index (χ0) is 22.5. The van der Waals surface area contributed by atoms with Crippen LogP contribution in [0.2, 0.25) is 10.0 Å². The van der Waals surface area contributed by atoms with Gasteiger partial charge in [0.1, 0.15) is 0 Å². The third-order valence-electron chi connectivity index (χ3n) is 5.04. The quantitative estimate of drug-likeness (QED) is 0.336. The lowest BCUT2D eigenvalue weighted by Gasteiger charge is -2.08. The van der Waals surface area contributed by atoms with Crippen LogP contribution in [-0.2, 0) is 11.2 Å². The SMILES string of the molecule is O=C(CCCc1c(-c2ccccn2)[nH]c2ccc(Cl)cc12)NNC(=O)c1ccc(Cl)cc1. The van der Waals surface area contributed by atoms with E-state index >= 15 is 0 Å². The van der Waals surface area contributed by atoms with Crippen LogP contribution in [0.3, 0.4) is 0 Å². The topological polar surface area (TPSA) is 86.9 Å². The Hall–Kier alpha value is -3.35. The molecule has 0 bridgehead atoms. The van der Waals surface area contributed by atoms with E-state index in [-0.39, 0.29) is 12.3 Å². The number of hydrazine groups is 1. The molecule has 2 aromatic carbocycles. The Bertz CT molecular complexity index is 1250. The fourth-order valence-electron chi connectivity index (χ4n) is 3.50. The first-order valence-corrected chi connectivity index (χ1v) is 10.8. The Morgan fingerprint density at radius 2 is 1.72 bits per heavy atom. The van der Waals surface area contributed by atoms with Gasteiger partial charge in [-0.2, -0.15) is 0 Å². The molecule has 0 spiro atoms. The van der Waals surface area contributed by atoms with Crippen LogP contribution in [0, 0.1) is 0 Å². The van der Waals surface area contributed by atoms with Crippen LogP contribution in [0.4, 0.5) is 0 Å². The summed E-state index contributed by atoms with van der Waals surface area (Å²) >= 11 is 12.0. The summed E-state index contributed by atoms with van der Waals surface area (Å²) in [6, 6.07) is 17.8. The molecule has 0 saturated heterocycles. The van der Waals surface area contributed by atoms with Gasteiger partial charge in [-0.1, -0.05) is 29.3 Å². The molecule has 6 nitrogen and oxygen atoms in total. The molecule has 0 atom stereocenters. The summed E-state index contributed by atoms with van der Waals surface area (Å²) < 4.78 is 0. The summed E-state index contributed by atoms with van der Waals surface area (Å²) in [5.41, 5.74) is 9.05. The van der Waals surface area contributed by atoms with Crippen molar-refractivity contribution in [1.29, 1.82) is 0 Å². The average molecular weight is 467 g/mol. The predicted octanol–water partition coefficient (Wildman–Crippen LogP) is 5.32. The van der Waals surface area contributed by atoms with Crippen LogP contribution in [0.15, 0.2) is 66.9 Å². The fraction of sp³-hybridized carbons (Fsp3) is 0.125. The maximum Gasteiger partial charge on any atom is 0.269 e. The van der Waals surface area contributed by atoms with Crippen molar-refractivity contribution in [1.82, 2.24) is 20.8 Å². The maximum absolute atomic E-state index is 12.2. The molecule has 0 aliphatic carbocycles. The lowest BCUT2D eigenvalue weighted by Crippen LogP contribution is -2.41. The molecule has 0 unspecified atom stereocenters. The number of carbonyl (C=O) groups excluding carboxylic acids is 2. The molecule has 0 aliphatic heterocycles. The number of benzene rings is 2. The van der Waals surface area contributed by atoms with Gasteiger partial charge in [0.25, 0.3) is 5.91 Å². The zero-order valence-corrected chi connectivity index (χ0v) is 18.5. The molecule has 4 aromatic rings. The third kappa shape index (κ3) is 5.10. The number of aromatic amines is 1. The Balaban J connectivity index is 1.40. The molecule has 4 rings (SSSR count). The highest BCUT2D eigenvalue weighted by atomic mass is 35.5. The van der Waals surface area contributed by atoms with Gasteiger partial charge in [0.2, 0.25) is 5.91 Å². The highest BCUT2D eigenvalue weighted by Gasteiger charge is 2.15. The molecule has 2 aromatic heterocycles. The van der Waals surface area contributed by atoms with E-state index in [1.807, 2.05) is 36.4 Å². The number of aromatic nitrogens is 2. The normalized spacial score (nSPS) is 10.8. The van der Waals surface area contributed by atoms with E-state index < -0.39 is 5.91 Å². The Labute approximate surface area is 194 Å². The van der Waals surface area contributed by atoms with E-state index in [2.05, 4.69) is 20.8 Å². The van der Waals surface area contributed by atoms with Crippen molar-refractivity contribution in [3.05, 3.63) is 88.0 Å². The number of hydrogen-bond acceptors (Lipinski definition) is 3. The molecular formula is C24H20Cl2N4O2. The van der Waals surface area contributed by atoms with Gasteiger partial charge in [0, 0.05) is 39.1 Å². The first kappa shape index (κ1) is 21.9. The molecule has 2 amide bonds. The first-order valence-electron chi connectivity index (χ1n) is 10.1. The minimum Gasteiger partial charge on any atom is -0.353 e. The van der Waals surface area contributed by atoms with E-state index in [9.17, 15) is 9.59 Å². The van der Waals surface area contributed by atoms with E-state index in [1.54, 1.807) is 30.5 Å². The number of halogens is 2. The van der Waals surface area contributed by atoms with Crippen molar-refractivity contribution < 1.29 is 9.59 Å². The Kier molecular flexibility index (Phi) is 6.73. The number of fused-ring (bicyclic) bond motifs is 1.